The maximum Gasteiger partial charge on any atom is 0.229 e. The molecular weight excluding hydrogens is 228 g/mol. The number of imide groups is 1. The molecule has 1 aliphatic rings. The monoisotopic (exact) mass is 246 g/mol. The number of nitrogens with two attached hydrogens (primary N) is 1. The fourth-order valence-electron chi connectivity index (χ4n) is 2.35. The lowest BCUT2D eigenvalue weighted by Crippen LogP contribution is -2.36. The van der Waals surface area contributed by atoms with Crippen LogP contribution in [0.5, 0.6) is 0 Å². The fourth-order valence-corrected chi connectivity index (χ4v) is 2.35. The summed E-state index contributed by atoms with van der Waals surface area (Å²) in [4.78, 5) is 24.3. The molecule has 2 N–H and O–H groups in total. The Labute approximate surface area is 107 Å². The highest BCUT2D eigenvalue weighted by Crippen LogP contribution is 2.19. The van der Waals surface area contributed by atoms with Crippen molar-refractivity contribution >= 4 is 11.8 Å². The molecule has 18 heavy (non-hydrogen) atoms. The molecule has 1 unspecified atom stereocenters. The van der Waals surface area contributed by atoms with Crippen LogP contribution in [0.1, 0.15) is 35.6 Å². The Bertz CT molecular complexity index is 460. The minimum Gasteiger partial charge on any atom is -0.322 e. The number of rotatable bonds is 3. The quantitative estimate of drug-likeness (QED) is 0.821. The third kappa shape index (κ3) is 2.59. The van der Waals surface area contributed by atoms with Crippen molar-refractivity contribution in [1.29, 1.82) is 0 Å². The van der Waals surface area contributed by atoms with E-state index in [-0.39, 0.29) is 24.4 Å². The van der Waals surface area contributed by atoms with E-state index >= 15 is 0 Å². The molecule has 0 aromatic heterocycles. The van der Waals surface area contributed by atoms with Gasteiger partial charge >= 0.3 is 0 Å². The maximum atomic E-state index is 11.5. The molecule has 1 aromatic carbocycles. The first kappa shape index (κ1) is 12.8. The summed E-state index contributed by atoms with van der Waals surface area (Å²) in [5.74, 6) is -0.223. The largest absolute Gasteiger partial charge is 0.322 e. The number of aryl methyl sites for hydroxylation is 2. The van der Waals surface area contributed by atoms with Gasteiger partial charge in [-0.3, -0.25) is 14.5 Å². The van der Waals surface area contributed by atoms with Gasteiger partial charge in [-0.15, -0.1) is 0 Å². The second-order valence-electron chi connectivity index (χ2n) is 4.93. The van der Waals surface area contributed by atoms with Crippen LogP contribution in [0.3, 0.4) is 0 Å². The molecule has 1 aliphatic heterocycles. The SMILES string of the molecule is Cc1cc(C)cc(C(N)CN2C(=O)CCC2=O)c1. The maximum absolute atomic E-state index is 11.5. The van der Waals surface area contributed by atoms with Gasteiger partial charge in [0.15, 0.2) is 0 Å². The molecular formula is C14H18N2O2. The van der Waals surface area contributed by atoms with Crippen LogP contribution in [0.2, 0.25) is 0 Å². The van der Waals surface area contributed by atoms with Crippen molar-refractivity contribution in [2.45, 2.75) is 32.7 Å². The summed E-state index contributed by atoms with van der Waals surface area (Å²) in [5.41, 5.74) is 9.34. The predicted molar refractivity (Wildman–Crippen MR) is 68.8 cm³/mol. The molecule has 1 heterocycles. The van der Waals surface area contributed by atoms with Crippen molar-refractivity contribution in [2.24, 2.45) is 5.73 Å². The first-order valence-corrected chi connectivity index (χ1v) is 6.14. The first-order chi connectivity index (χ1) is 8.47. The molecule has 0 radical (unpaired) electrons. The minimum atomic E-state index is -0.311. The summed E-state index contributed by atoms with van der Waals surface area (Å²) in [6.07, 6.45) is 0.636. The van der Waals surface area contributed by atoms with Crippen LogP contribution in [-0.2, 0) is 9.59 Å². The predicted octanol–water partition coefficient (Wildman–Crippen LogP) is 1.45. The molecule has 4 heteroatoms. The Kier molecular flexibility index (Phi) is 3.48. The summed E-state index contributed by atoms with van der Waals surface area (Å²) in [5, 5.41) is 0. The van der Waals surface area contributed by atoms with Crippen LogP contribution in [0, 0.1) is 13.8 Å². The highest BCUT2D eigenvalue weighted by Gasteiger charge is 2.30. The zero-order chi connectivity index (χ0) is 13.3. The van der Waals surface area contributed by atoms with Gasteiger partial charge in [-0.25, -0.2) is 0 Å². The normalized spacial score (nSPS) is 17.4. The highest BCUT2D eigenvalue weighted by molar-refractivity contribution is 6.01. The lowest BCUT2D eigenvalue weighted by molar-refractivity contribution is -0.138. The minimum absolute atomic E-state index is 0.111. The fraction of sp³-hybridized carbons (Fsp3) is 0.429. The molecule has 1 aromatic rings. The van der Waals surface area contributed by atoms with E-state index in [0.717, 1.165) is 16.7 Å². The highest BCUT2D eigenvalue weighted by atomic mass is 16.2. The van der Waals surface area contributed by atoms with Gasteiger partial charge in [0.1, 0.15) is 0 Å². The Morgan fingerprint density at radius 2 is 1.61 bits per heavy atom. The first-order valence-electron chi connectivity index (χ1n) is 6.14. The molecule has 1 atom stereocenters. The summed E-state index contributed by atoms with van der Waals surface area (Å²) < 4.78 is 0. The standard InChI is InChI=1S/C14H18N2O2/c1-9-5-10(2)7-11(6-9)12(15)8-16-13(17)3-4-14(16)18/h5-7,12H,3-4,8,15H2,1-2H3. The van der Waals surface area contributed by atoms with Gasteiger partial charge in [-0.05, 0) is 19.4 Å². The molecule has 0 spiro atoms. The van der Waals surface area contributed by atoms with Crippen molar-refractivity contribution in [3.05, 3.63) is 34.9 Å². The van der Waals surface area contributed by atoms with Crippen molar-refractivity contribution in [3.8, 4) is 0 Å². The van der Waals surface area contributed by atoms with E-state index < -0.39 is 0 Å². The Morgan fingerprint density at radius 1 is 1.11 bits per heavy atom. The van der Waals surface area contributed by atoms with Gasteiger partial charge in [-0.1, -0.05) is 29.3 Å². The number of carbonyl (C=O) groups excluding carboxylic acids is 2. The molecule has 1 saturated heterocycles. The lowest BCUT2D eigenvalue weighted by atomic mass is 10.0. The van der Waals surface area contributed by atoms with Gasteiger partial charge in [0.2, 0.25) is 11.8 Å². The van der Waals surface area contributed by atoms with E-state index in [2.05, 4.69) is 6.07 Å². The Morgan fingerprint density at radius 3 is 2.11 bits per heavy atom. The Hall–Kier alpha value is -1.68. The van der Waals surface area contributed by atoms with E-state index in [1.165, 1.54) is 4.90 Å². The zero-order valence-corrected chi connectivity index (χ0v) is 10.8. The van der Waals surface area contributed by atoms with Gasteiger partial charge in [0.05, 0.1) is 0 Å². The van der Waals surface area contributed by atoms with Gasteiger partial charge in [-0.2, -0.15) is 0 Å². The molecule has 4 nitrogen and oxygen atoms in total. The third-order valence-electron chi connectivity index (χ3n) is 3.21. The van der Waals surface area contributed by atoms with Gasteiger partial charge in [0, 0.05) is 25.4 Å². The van der Waals surface area contributed by atoms with Gasteiger partial charge < -0.3 is 5.73 Å². The van der Waals surface area contributed by atoms with E-state index in [0.29, 0.717) is 12.8 Å². The average Bonchev–Trinajstić information content (AvgIpc) is 2.59. The Balaban J connectivity index is 2.14. The van der Waals surface area contributed by atoms with Crippen molar-refractivity contribution in [1.82, 2.24) is 4.90 Å². The van der Waals surface area contributed by atoms with Crippen molar-refractivity contribution < 1.29 is 9.59 Å². The van der Waals surface area contributed by atoms with Crippen LogP contribution >= 0.6 is 0 Å². The molecule has 96 valence electrons. The number of amides is 2. The summed E-state index contributed by atoms with van der Waals surface area (Å²) in [6.45, 7) is 4.30. The molecule has 2 amide bonds. The topological polar surface area (TPSA) is 63.4 Å². The van der Waals surface area contributed by atoms with Crippen LogP contribution in [-0.4, -0.2) is 23.3 Å². The number of carbonyl (C=O) groups is 2. The third-order valence-corrected chi connectivity index (χ3v) is 3.21. The number of hydrogen-bond donors (Lipinski definition) is 1. The zero-order valence-electron chi connectivity index (χ0n) is 10.8. The van der Waals surface area contributed by atoms with E-state index in [9.17, 15) is 9.59 Å². The van der Waals surface area contributed by atoms with E-state index in [4.69, 9.17) is 5.73 Å². The lowest BCUT2D eigenvalue weighted by Gasteiger charge is -2.20. The number of likely N-dealkylation sites (tertiary alicyclic amines) is 1. The second-order valence-corrected chi connectivity index (χ2v) is 4.93. The number of hydrogen-bond acceptors (Lipinski definition) is 3. The number of nitrogens with zero attached hydrogens (tertiary/aromatic N) is 1. The van der Waals surface area contributed by atoms with Crippen molar-refractivity contribution in [2.75, 3.05) is 6.54 Å². The van der Waals surface area contributed by atoms with Crippen molar-refractivity contribution in [3.63, 3.8) is 0 Å². The number of benzene rings is 1. The summed E-state index contributed by atoms with van der Waals surface area (Å²) in [6, 6.07) is 5.77. The van der Waals surface area contributed by atoms with E-state index in [1.807, 2.05) is 26.0 Å². The molecule has 0 saturated carbocycles. The van der Waals surface area contributed by atoms with Crippen LogP contribution in [0.4, 0.5) is 0 Å². The van der Waals surface area contributed by atoms with Crippen LogP contribution < -0.4 is 5.73 Å². The van der Waals surface area contributed by atoms with Gasteiger partial charge in [0.25, 0.3) is 0 Å². The summed E-state index contributed by atoms with van der Waals surface area (Å²) in [7, 11) is 0. The smallest absolute Gasteiger partial charge is 0.229 e. The van der Waals surface area contributed by atoms with Crippen LogP contribution in [0.25, 0.3) is 0 Å². The second kappa shape index (κ2) is 4.90. The van der Waals surface area contributed by atoms with Crippen LogP contribution in [0.15, 0.2) is 18.2 Å². The molecule has 0 bridgehead atoms. The molecule has 0 aliphatic carbocycles. The molecule has 2 rings (SSSR count). The summed E-state index contributed by atoms with van der Waals surface area (Å²) >= 11 is 0. The van der Waals surface area contributed by atoms with E-state index in [1.54, 1.807) is 0 Å². The molecule has 1 fully saturated rings. The average molecular weight is 246 g/mol.